The number of rotatable bonds is 6. The number of ether oxygens (including phenoxy) is 1. The Bertz CT molecular complexity index is 797. The summed E-state index contributed by atoms with van der Waals surface area (Å²) in [5.74, 6) is 1.26. The Kier molecular flexibility index (Phi) is 6.86. The normalized spacial score (nSPS) is 19.1. The molecular weight excluding hydrogens is 376 g/mol. The Labute approximate surface area is 169 Å². The van der Waals surface area contributed by atoms with Crippen LogP contribution in [0.5, 0.6) is 5.75 Å². The van der Waals surface area contributed by atoms with Gasteiger partial charge in [-0.15, -0.1) is 11.3 Å². The lowest BCUT2D eigenvalue weighted by molar-refractivity contribution is -0.117. The molecule has 2 N–H and O–H groups in total. The van der Waals surface area contributed by atoms with Crippen LogP contribution in [0.1, 0.15) is 26.2 Å². The molecular formula is C20H26N4O3S. The molecule has 1 aromatic heterocycles. The second-order valence-corrected chi connectivity index (χ2v) is 7.81. The monoisotopic (exact) mass is 402 g/mol. The first-order valence-electron chi connectivity index (χ1n) is 9.48. The molecule has 28 heavy (non-hydrogen) atoms. The van der Waals surface area contributed by atoms with Crippen LogP contribution in [0, 0.1) is 11.8 Å². The number of carbonyl (C=O) groups excluding carboxylic acids is 2. The van der Waals surface area contributed by atoms with Crippen molar-refractivity contribution in [2.24, 2.45) is 11.8 Å². The number of anilines is 2. The summed E-state index contributed by atoms with van der Waals surface area (Å²) in [4.78, 5) is 30.9. The molecule has 0 spiro atoms. The Morgan fingerprint density at radius 1 is 1.32 bits per heavy atom. The van der Waals surface area contributed by atoms with Gasteiger partial charge in [-0.05, 0) is 30.4 Å². The molecule has 1 aromatic carbocycles. The molecule has 0 aliphatic carbocycles. The van der Waals surface area contributed by atoms with Crippen molar-refractivity contribution in [1.29, 1.82) is 0 Å². The molecule has 2 aromatic rings. The predicted octanol–water partition coefficient (Wildman–Crippen LogP) is 4.06. The number of benzene rings is 1. The SMILES string of the molecule is CC[C@@H]1CN(C(=O)Nc2cccc(OC)c2)CC[C@H]1CC(=O)Nc1nccs1. The van der Waals surface area contributed by atoms with Gasteiger partial charge < -0.3 is 20.3 Å². The zero-order valence-corrected chi connectivity index (χ0v) is 17.0. The van der Waals surface area contributed by atoms with Gasteiger partial charge in [-0.25, -0.2) is 9.78 Å². The van der Waals surface area contributed by atoms with Gasteiger partial charge in [0, 0.05) is 42.8 Å². The van der Waals surface area contributed by atoms with Gasteiger partial charge in [-0.3, -0.25) is 4.79 Å². The van der Waals surface area contributed by atoms with Gasteiger partial charge in [0.25, 0.3) is 0 Å². The van der Waals surface area contributed by atoms with Crippen molar-refractivity contribution >= 4 is 34.1 Å². The molecule has 0 unspecified atom stereocenters. The van der Waals surface area contributed by atoms with Gasteiger partial charge in [-0.2, -0.15) is 0 Å². The summed E-state index contributed by atoms with van der Waals surface area (Å²) in [6.45, 7) is 3.41. The van der Waals surface area contributed by atoms with Gasteiger partial charge in [0.15, 0.2) is 5.13 Å². The summed E-state index contributed by atoms with van der Waals surface area (Å²) in [7, 11) is 1.60. The molecule has 150 valence electrons. The van der Waals surface area contributed by atoms with Crippen LogP contribution in [0.15, 0.2) is 35.8 Å². The number of thiazole rings is 1. The number of nitrogens with zero attached hydrogens (tertiary/aromatic N) is 2. The number of likely N-dealkylation sites (tertiary alicyclic amines) is 1. The maximum atomic E-state index is 12.7. The summed E-state index contributed by atoms with van der Waals surface area (Å²) < 4.78 is 5.20. The standard InChI is InChI=1S/C20H26N4O3S/c1-3-14-13-24(20(26)22-16-5-4-6-17(12-16)27-2)9-7-15(14)11-18(25)23-19-21-8-10-28-19/h4-6,8,10,12,14-15H,3,7,9,11,13H2,1-2H3,(H,22,26)(H,21,23,25)/t14-,15+/m1/s1. The average Bonchev–Trinajstić information content (AvgIpc) is 3.21. The first kappa shape index (κ1) is 20.1. The molecule has 1 fully saturated rings. The van der Waals surface area contributed by atoms with E-state index in [1.807, 2.05) is 28.5 Å². The molecule has 3 amide bonds. The second-order valence-electron chi connectivity index (χ2n) is 6.91. The number of hydrogen-bond acceptors (Lipinski definition) is 5. The summed E-state index contributed by atoms with van der Waals surface area (Å²) in [6.07, 6.45) is 3.88. The highest BCUT2D eigenvalue weighted by molar-refractivity contribution is 7.13. The van der Waals surface area contributed by atoms with Crippen molar-refractivity contribution in [2.75, 3.05) is 30.8 Å². The van der Waals surface area contributed by atoms with Gasteiger partial charge >= 0.3 is 6.03 Å². The lowest BCUT2D eigenvalue weighted by Crippen LogP contribution is -2.46. The third kappa shape index (κ3) is 5.22. The van der Waals surface area contributed by atoms with E-state index in [-0.39, 0.29) is 17.9 Å². The van der Waals surface area contributed by atoms with Crippen LogP contribution in [-0.2, 0) is 4.79 Å². The molecule has 8 heteroatoms. The quantitative estimate of drug-likeness (QED) is 0.763. The largest absolute Gasteiger partial charge is 0.497 e. The number of aromatic nitrogens is 1. The van der Waals surface area contributed by atoms with Crippen molar-refractivity contribution in [2.45, 2.75) is 26.2 Å². The van der Waals surface area contributed by atoms with Crippen molar-refractivity contribution in [3.63, 3.8) is 0 Å². The number of hydrogen-bond donors (Lipinski definition) is 2. The van der Waals surface area contributed by atoms with E-state index in [1.54, 1.807) is 19.4 Å². The van der Waals surface area contributed by atoms with Crippen LogP contribution < -0.4 is 15.4 Å². The minimum Gasteiger partial charge on any atom is -0.497 e. The highest BCUT2D eigenvalue weighted by Crippen LogP contribution is 2.30. The molecule has 1 saturated heterocycles. The third-order valence-corrected chi connectivity index (χ3v) is 5.84. The molecule has 0 radical (unpaired) electrons. The molecule has 0 saturated carbocycles. The first-order valence-corrected chi connectivity index (χ1v) is 10.4. The fourth-order valence-electron chi connectivity index (χ4n) is 3.59. The van der Waals surface area contributed by atoms with Gasteiger partial charge in [-0.1, -0.05) is 19.4 Å². The molecule has 3 rings (SSSR count). The van der Waals surface area contributed by atoms with Gasteiger partial charge in [0.2, 0.25) is 5.91 Å². The summed E-state index contributed by atoms with van der Waals surface area (Å²) in [5.41, 5.74) is 0.711. The maximum absolute atomic E-state index is 12.7. The van der Waals surface area contributed by atoms with E-state index >= 15 is 0 Å². The summed E-state index contributed by atoms with van der Waals surface area (Å²) >= 11 is 1.41. The van der Waals surface area contributed by atoms with Crippen LogP contribution in [0.3, 0.4) is 0 Å². The minimum atomic E-state index is -0.114. The number of carbonyl (C=O) groups is 2. The summed E-state index contributed by atoms with van der Waals surface area (Å²) in [5, 5.41) is 8.26. The minimum absolute atomic E-state index is 0.00678. The van der Waals surface area contributed by atoms with E-state index in [2.05, 4.69) is 22.5 Å². The van der Waals surface area contributed by atoms with Gasteiger partial charge in [0.05, 0.1) is 7.11 Å². The third-order valence-electron chi connectivity index (χ3n) is 5.15. The molecule has 2 heterocycles. The van der Waals surface area contributed by atoms with Crippen LogP contribution in [0.2, 0.25) is 0 Å². The van der Waals surface area contributed by atoms with E-state index in [0.717, 1.165) is 12.8 Å². The highest BCUT2D eigenvalue weighted by atomic mass is 32.1. The maximum Gasteiger partial charge on any atom is 0.321 e. The van der Waals surface area contributed by atoms with E-state index in [9.17, 15) is 9.59 Å². The predicted molar refractivity (Wildman–Crippen MR) is 111 cm³/mol. The Balaban J connectivity index is 1.54. The molecule has 2 atom stereocenters. The second kappa shape index (κ2) is 9.54. The van der Waals surface area contributed by atoms with E-state index in [0.29, 0.717) is 42.0 Å². The van der Waals surface area contributed by atoms with Crippen LogP contribution >= 0.6 is 11.3 Å². The number of methoxy groups -OCH3 is 1. The highest BCUT2D eigenvalue weighted by Gasteiger charge is 2.31. The molecule has 1 aliphatic rings. The fourth-order valence-corrected chi connectivity index (χ4v) is 4.14. The van der Waals surface area contributed by atoms with Gasteiger partial charge in [0.1, 0.15) is 5.75 Å². The number of amides is 3. The number of nitrogens with one attached hydrogen (secondary N) is 2. The molecule has 1 aliphatic heterocycles. The van der Waals surface area contributed by atoms with Crippen molar-refractivity contribution in [3.8, 4) is 5.75 Å². The van der Waals surface area contributed by atoms with E-state index in [1.165, 1.54) is 11.3 Å². The number of urea groups is 1. The van der Waals surface area contributed by atoms with Crippen LogP contribution in [-0.4, -0.2) is 42.0 Å². The van der Waals surface area contributed by atoms with Crippen molar-refractivity contribution in [1.82, 2.24) is 9.88 Å². The zero-order chi connectivity index (χ0) is 19.9. The smallest absolute Gasteiger partial charge is 0.321 e. The van der Waals surface area contributed by atoms with Crippen molar-refractivity contribution in [3.05, 3.63) is 35.8 Å². The Hall–Kier alpha value is -2.61. The lowest BCUT2D eigenvalue weighted by atomic mass is 9.81. The van der Waals surface area contributed by atoms with E-state index < -0.39 is 0 Å². The van der Waals surface area contributed by atoms with E-state index in [4.69, 9.17) is 4.74 Å². The Morgan fingerprint density at radius 3 is 2.89 bits per heavy atom. The van der Waals surface area contributed by atoms with Crippen molar-refractivity contribution < 1.29 is 14.3 Å². The first-order chi connectivity index (χ1) is 13.6. The van der Waals surface area contributed by atoms with Crippen LogP contribution in [0.4, 0.5) is 15.6 Å². The zero-order valence-electron chi connectivity index (χ0n) is 16.2. The Morgan fingerprint density at radius 2 is 2.18 bits per heavy atom. The fraction of sp³-hybridized carbons (Fsp3) is 0.450. The molecule has 7 nitrogen and oxygen atoms in total. The average molecular weight is 403 g/mol. The lowest BCUT2D eigenvalue weighted by Gasteiger charge is -2.38. The van der Waals surface area contributed by atoms with Crippen LogP contribution in [0.25, 0.3) is 0 Å². The molecule has 0 bridgehead atoms. The summed E-state index contributed by atoms with van der Waals surface area (Å²) in [6, 6.07) is 7.21. The number of piperidine rings is 1. The topological polar surface area (TPSA) is 83.6 Å².